The van der Waals surface area contributed by atoms with Gasteiger partial charge in [-0.15, -0.1) is 0 Å². The lowest BCUT2D eigenvalue weighted by Gasteiger charge is -2.42. The number of aromatic amines is 1. The van der Waals surface area contributed by atoms with Crippen LogP contribution >= 0.6 is 0 Å². The number of aliphatic hydroxyl groups is 6. The molecule has 0 amide bonds. The Morgan fingerprint density at radius 2 is 1.45 bits per heavy atom. The van der Waals surface area contributed by atoms with Gasteiger partial charge in [0.1, 0.15) is 43.4 Å². The second-order valence-corrected chi connectivity index (χ2v) is 9.13. The first-order chi connectivity index (χ1) is 19.1. The van der Waals surface area contributed by atoms with E-state index in [0.29, 0.717) is 0 Å². The molecule has 0 spiro atoms. The van der Waals surface area contributed by atoms with E-state index >= 15 is 0 Å². The molecule has 214 valence electrons. The first-order valence-electron chi connectivity index (χ1n) is 11.7. The summed E-state index contributed by atoms with van der Waals surface area (Å²) in [5.41, 5.74) is 3.93. The van der Waals surface area contributed by atoms with Gasteiger partial charge in [-0.1, -0.05) is 0 Å². The van der Waals surface area contributed by atoms with Gasteiger partial charge in [0.25, 0.3) is 17.4 Å². The number of nitrogens with one attached hydrogen (secondary N) is 1. The van der Waals surface area contributed by atoms with Crippen molar-refractivity contribution in [1.29, 1.82) is 0 Å². The van der Waals surface area contributed by atoms with E-state index in [1.165, 1.54) is 0 Å². The lowest BCUT2D eigenvalue weighted by atomic mass is 10.1. The van der Waals surface area contributed by atoms with Gasteiger partial charge in [0.2, 0.25) is 11.8 Å². The van der Waals surface area contributed by atoms with Crippen LogP contribution < -0.4 is 11.3 Å². The molecule has 2 aliphatic rings. The lowest BCUT2D eigenvalue weighted by Crippen LogP contribution is -2.58. The number of nitrogens with two attached hydrogens (primary N) is 1. The van der Waals surface area contributed by atoms with Crippen molar-refractivity contribution in [3.05, 3.63) is 29.3 Å². The molecule has 4 aromatic heterocycles. The largest absolute Gasteiger partial charge is 0.492 e. The Labute approximate surface area is 220 Å². The minimum absolute atomic E-state index is 0.188. The standard InChI is InChI=1S/C20H23N9O11/c21-18-26-15-9(17(37)27-18)25-5-29(15)20(13(35)11(33)7(2-31)39-20)40-19(12(34)10(32)6(1-30)38-19)28-4-24-8-14(28)22-3-23-16(8)36/h3-7,10-13,30-35H,1-2H2,(H,22,23,36)(H3,21,26,27,37)/t6-,7-,10-,11-,12?,13-,19+,20+/m1/s1. The van der Waals surface area contributed by atoms with Crippen LogP contribution in [0.4, 0.5) is 5.95 Å². The van der Waals surface area contributed by atoms with Crippen LogP contribution in [0.25, 0.3) is 22.3 Å². The predicted octanol–water partition coefficient (Wildman–Crippen LogP) is -5.29. The number of hydrogen-bond donors (Lipinski definition) is 9. The van der Waals surface area contributed by atoms with E-state index in [1.54, 1.807) is 0 Å². The maximum atomic E-state index is 12.5. The van der Waals surface area contributed by atoms with Gasteiger partial charge in [-0.05, 0) is 0 Å². The highest BCUT2D eigenvalue weighted by molar-refractivity contribution is 5.75. The molecule has 2 aliphatic heterocycles. The maximum absolute atomic E-state index is 12.5. The second-order valence-electron chi connectivity index (χ2n) is 9.13. The molecular formula is C20H23N9O11. The highest BCUT2D eigenvalue weighted by Crippen LogP contribution is 2.48. The van der Waals surface area contributed by atoms with Crippen molar-refractivity contribution < 1.29 is 50.0 Å². The van der Waals surface area contributed by atoms with Crippen LogP contribution in [0.1, 0.15) is 0 Å². The molecule has 0 aromatic carbocycles. The number of imidazole rings is 2. The van der Waals surface area contributed by atoms with Crippen molar-refractivity contribution in [3.8, 4) is 5.88 Å². The lowest BCUT2D eigenvalue weighted by molar-refractivity contribution is -0.444. The van der Waals surface area contributed by atoms with Crippen molar-refractivity contribution in [2.45, 2.75) is 48.4 Å². The number of fused-ring (bicyclic) bond motifs is 2. The van der Waals surface area contributed by atoms with Gasteiger partial charge in [0, 0.05) is 0 Å². The summed E-state index contributed by atoms with van der Waals surface area (Å²) in [7, 11) is 0. The summed E-state index contributed by atoms with van der Waals surface area (Å²) in [6, 6.07) is 0. The molecule has 1 unspecified atom stereocenters. The van der Waals surface area contributed by atoms with E-state index in [2.05, 4.69) is 29.9 Å². The molecule has 2 saturated heterocycles. The fourth-order valence-electron chi connectivity index (χ4n) is 4.92. The van der Waals surface area contributed by atoms with E-state index in [4.69, 9.17) is 19.9 Å². The number of ether oxygens (including phenoxy) is 3. The highest BCUT2D eigenvalue weighted by Gasteiger charge is 2.67. The third-order valence-corrected chi connectivity index (χ3v) is 6.86. The predicted molar refractivity (Wildman–Crippen MR) is 125 cm³/mol. The number of H-pyrrole nitrogens is 1. The van der Waals surface area contributed by atoms with Crippen LogP contribution in [0.2, 0.25) is 0 Å². The summed E-state index contributed by atoms with van der Waals surface area (Å²) in [5.74, 6) is -6.33. The number of hydrogen-bond acceptors (Lipinski definition) is 17. The molecule has 40 heavy (non-hydrogen) atoms. The van der Waals surface area contributed by atoms with Gasteiger partial charge in [-0.25, -0.2) is 15.0 Å². The summed E-state index contributed by atoms with van der Waals surface area (Å²) in [6.45, 7) is -1.66. The SMILES string of the molecule is Nc1nc2c(ncn2[C@]2(O[C@@]3(n4cnc5c(O)ncnc54)O[C@H](CO)[C@@H](O)C3O)O[C@H](CO)[C@@H](O)[C@H]2O)c(=O)[nH]1. The Hall–Kier alpha value is -3.86. The topological polar surface area (TPSA) is 302 Å². The van der Waals surface area contributed by atoms with Gasteiger partial charge in [-0.2, -0.15) is 9.97 Å². The number of aromatic hydroxyl groups is 1. The Kier molecular flexibility index (Phi) is 5.99. The first-order valence-corrected chi connectivity index (χ1v) is 11.7. The van der Waals surface area contributed by atoms with Crippen molar-refractivity contribution in [2.75, 3.05) is 18.9 Å². The minimum atomic E-state index is -2.72. The fourth-order valence-corrected chi connectivity index (χ4v) is 4.92. The Morgan fingerprint density at radius 3 is 2.00 bits per heavy atom. The molecular weight excluding hydrogens is 542 g/mol. The second kappa shape index (κ2) is 9.09. The first kappa shape index (κ1) is 26.4. The fraction of sp³-hybridized carbons (Fsp3) is 0.500. The van der Waals surface area contributed by atoms with E-state index in [9.17, 15) is 40.5 Å². The minimum Gasteiger partial charge on any atom is -0.492 e. The molecule has 20 nitrogen and oxygen atoms in total. The molecule has 0 saturated carbocycles. The van der Waals surface area contributed by atoms with Crippen LogP contribution in [-0.4, -0.2) is 125 Å². The van der Waals surface area contributed by atoms with Crippen LogP contribution in [0.5, 0.6) is 5.88 Å². The Balaban J connectivity index is 1.63. The molecule has 0 bridgehead atoms. The van der Waals surface area contributed by atoms with Crippen molar-refractivity contribution in [2.24, 2.45) is 0 Å². The third kappa shape index (κ3) is 3.46. The summed E-state index contributed by atoms with van der Waals surface area (Å²) >= 11 is 0. The molecule has 0 aliphatic carbocycles. The zero-order valence-electron chi connectivity index (χ0n) is 20.1. The Morgan fingerprint density at radius 1 is 0.900 bits per heavy atom. The van der Waals surface area contributed by atoms with Crippen LogP contribution in [0.15, 0.2) is 23.8 Å². The summed E-state index contributed by atoms with van der Waals surface area (Å²) in [6.07, 6.45) is -7.94. The molecule has 10 N–H and O–H groups in total. The van der Waals surface area contributed by atoms with Crippen molar-refractivity contribution in [3.63, 3.8) is 0 Å². The highest BCUT2D eigenvalue weighted by atomic mass is 16.8. The third-order valence-electron chi connectivity index (χ3n) is 6.86. The van der Waals surface area contributed by atoms with E-state index in [0.717, 1.165) is 28.1 Å². The van der Waals surface area contributed by atoms with Crippen LogP contribution in [-0.2, 0) is 26.0 Å². The van der Waals surface area contributed by atoms with Gasteiger partial charge >= 0.3 is 0 Å². The molecule has 20 heteroatoms. The van der Waals surface area contributed by atoms with E-state index in [-0.39, 0.29) is 28.3 Å². The van der Waals surface area contributed by atoms with E-state index in [1.807, 2.05) is 0 Å². The summed E-state index contributed by atoms with van der Waals surface area (Å²) in [5, 5.41) is 74.1. The number of nitrogens with zero attached hydrogens (tertiary/aromatic N) is 7. The quantitative estimate of drug-likeness (QED) is 0.105. The van der Waals surface area contributed by atoms with E-state index < -0.39 is 73.1 Å². The molecule has 2 fully saturated rings. The summed E-state index contributed by atoms with van der Waals surface area (Å²) in [4.78, 5) is 34.4. The number of nitrogen functional groups attached to an aromatic ring is 1. The monoisotopic (exact) mass is 565 g/mol. The normalized spacial score (nSPS) is 34.4. The molecule has 4 aromatic rings. The van der Waals surface area contributed by atoms with Gasteiger partial charge in [0.15, 0.2) is 34.5 Å². The van der Waals surface area contributed by atoms with Crippen LogP contribution in [0.3, 0.4) is 0 Å². The smallest absolute Gasteiger partial charge is 0.292 e. The number of aliphatic hydroxyl groups excluding tert-OH is 6. The Bertz CT molecular complexity index is 1640. The zero-order chi connectivity index (χ0) is 28.6. The van der Waals surface area contributed by atoms with Crippen LogP contribution in [0, 0.1) is 0 Å². The maximum Gasteiger partial charge on any atom is 0.292 e. The molecule has 0 radical (unpaired) electrons. The number of rotatable bonds is 6. The van der Waals surface area contributed by atoms with Crippen molar-refractivity contribution in [1.82, 2.24) is 39.0 Å². The van der Waals surface area contributed by atoms with Gasteiger partial charge in [-0.3, -0.25) is 23.6 Å². The molecule has 6 heterocycles. The average molecular weight is 565 g/mol. The van der Waals surface area contributed by atoms with Gasteiger partial charge in [0.05, 0.1) is 13.2 Å². The summed E-state index contributed by atoms with van der Waals surface area (Å²) < 4.78 is 19.7. The molecule has 8 atom stereocenters. The average Bonchev–Trinajstić information content (AvgIpc) is 3.67. The number of anilines is 1. The van der Waals surface area contributed by atoms with Crippen molar-refractivity contribution >= 4 is 28.3 Å². The molecule has 6 rings (SSSR count). The zero-order valence-corrected chi connectivity index (χ0v) is 20.1. The van der Waals surface area contributed by atoms with Gasteiger partial charge < -0.3 is 51.0 Å². The number of aromatic nitrogens is 8.